The smallest absolute Gasteiger partial charge is 0.271 e. The van der Waals surface area contributed by atoms with Gasteiger partial charge in [-0.1, -0.05) is 83.9 Å². The van der Waals surface area contributed by atoms with Crippen molar-refractivity contribution in [2.45, 2.75) is 30.8 Å². The van der Waals surface area contributed by atoms with E-state index >= 15 is 0 Å². The van der Waals surface area contributed by atoms with Gasteiger partial charge in [0.25, 0.3) is 15.7 Å². The van der Waals surface area contributed by atoms with E-state index in [2.05, 4.69) is 5.32 Å². The minimum absolute atomic E-state index is 0.0893. The van der Waals surface area contributed by atoms with Gasteiger partial charge >= 0.3 is 0 Å². The van der Waals surface area contributed by atoms with Crippen LogP contribution in [0, 0.1) is 10.1 Å². The van der Waals surface area contributed by atoms with Crippen LogP contribution in [0.3, 0.4) is 0 Å². The molecular weight excluding hydrogens is 639 g/mol. The van der Waals surface area contributed by atoms with Gasteiger partial charge in [-0.2, -0.15) is 0 Å². The zero-order chi connectivity index (χ0) is 32.6. The Morgan fingerprint density at radius 3 is 2.16 bits per heavy atom. The molecule has 0 bridgehead atoms. The zero-order valence-corrected chi connectivity index (χ0v) is 26.5. The summed E-state index contributed by atoms with van der Waals surface area (Å²) < 4.78 is 28.8. The number of non-ortho nitro benzene ring substituents is 1. The summed E-state index contributed by atoms with van der Waals surface area (Å²) in [6.07, 6.45) is 0.127. The maximum absolute atomic E-state index is 14.4. The van der Waals surface area contributed by atoms with Crippen LogP contribution in [0.5, 0.6) is 0 Å². The molecule has 4 aromatic rings. The summed E-state index contributed by atoms with van der Waals surface area (Å²) in [6.45, 7) is 1.17. The molecule has 10 nitrogen and oxygen atoms in total. The van der Waals surface area contributed by atoms with Crippen LogP contribution in [-0.2, 0) is 32.6 Å². The first kappa shape index (κ1) is 33.4. The number of amides is 2. The molecule has 13 heteroatoms. The van der Waals surface area contributed by atoms with Crippen LogP contribution in [0.2, 0.25) is 10.0 Å². The van der Waals surface area contributed by atoms with Crippen molar-refractivity contribution in [3.05, 3.63) is 134 Å². The molecule has 4 rings (SSSR count). The maximum Gasteiger partial charge on any atom is 0.271 e. The maximum atomic E-state index is 14.4. The Kier molecular flexibility index (Phi) is 11.2. The predicted octanol–water partition coefficient (Wildman–Crippen LogP) is 5.87. The zero-order valence-electron chi connectivity index (χ0n) is 24.2. The molecule has 0 aliphatic heterocycles. The second-order valence-electron chi connectivity index (χ2n) is 9.97. The van der Waals surface area contributed by atoms with Gasteiger partial charge in [-0.3, -0.25) is 24.0 Å². The fraction of sp³-hybridized carbons (Fsp3) is 0.188. The van der Waals surface area contributed by atoms with Crippen molar-refractivity contribution in [1.29, 1.82) is 0 Å². The second-order valence-corrected chi connectivity index (χ2v) is 12.6. The summed E-state index contributed by atoms with van der Waals surface area (Å²) >= 11 is 12.4. The summed E-state index contributed by atoms with van der Waals surface area (Å²) in [7, 11) is -4.40. The molecule has 0 saturated carbocycles. The number of rotatable bonds is 13. The number of nitro groups is 1. The molecule has 0 unspecified atom stereocenters. The van der Waals surface area contributed by atoms with Crippen LogP contribution >= 0.6 is 23.2 Å². The first-order valence-electron chi connectivity index (χ1n) is 13.9. The molecule has 0 aliphatic rings. The molecule has 0 fully saturated rings. The van der Waals surface area contributed by atoms with Crippen molar-refractivity contribution >= 4 is 56.4 Å². The van der Waals surface area contributed by atoms with Gasteiger partial charge in [0.15, 0.2) is 0 Å². The van der Waals surface area contributed by atoms with E-state index in [9.17, 15) is 28.1 Å². The van der Waals surface area contributed by atoms with Crippen molar-refractivity contribution in [2.75, 3.05) is 17.4 Å². The molecule has 0 radical (unpaired) electrons. The highest BCUT2D eigenvalue weighted by Crippen LogP contribution is 2.29. The number of carbonyl (C=O) groups is 2. The first-order chi connectivity index (χ1) is 21.5. The number of benzene rings is 4. The summed E-state index contributed by atoms with van der Waals surface area (Å²) in [5, 5.41) is 14.9. The summed E-state index contributed by atoms with van der Waals surface area (Å²) in [5.74, 6) is -1.16. The monoisotopic (exact) mass is 668 g/mol. The SMILES string of the molecule is CCNC(=O)[C@H](Cc1ccccc1)N(Cc1ccc(Cl)c(Cl)c1)C(=O)CN(c1cccc([N+](=O)[O-])c1)S(=O)(=O)c1ccccc1. The van der Waals surface area contributed by atoms with E-state index in [4.69, 9.17) is 23.2 Å². The van der Waals surface area contributed by atoms with Gasteiger partial charge in [0.2, 0.25) is 11.8 Å². The Bertz CT molecular complexity index is 1780. The van der Waals surface area contributed by atoms with Crippen molar-refractivity contribution in [2.24, 2.45) is 0 Å². The van der Waals surface area contributed by atoms with Gasteiger partial charge in [0.05, 0.1) is 25.6 Å². The molecular formula is C32H30Cl2N4O6S. The molecule has 4 aromatic carbocycles. The van der Waals surface area contributed by atoms with E-state index in [0.717, 1.165) is 15.9 Å². The van der Waals surface area contributed by atoms with Gasteiger partial charge in [0, 0.05) is 31.6 Å². The van der Waals surface area contributed by atoms with Crippen LogP contribution < -0.4 is 9.62 Å². The first-order valence-corrected chi connectivity index (χ1v) is 16.1. The summed E-state index contributed by atoms with van der Waals surface area (Å²) in [4.78, 5) is 40.0. The van der Waals surface area contributed by atoms with E-state index < -0.39 is 39.3 Å². The number of sulfonamides is 1. The highest BCUT2D eigenvalue weighted by molar-refractivity contribution is 7.92. The number of halogens is 2. The quantitative estimate of drug-likeness (QED) is 0.140. The Hall–Kier alpha value is -4.45. The number of likely N-dealkylation sites (N-methyl/N-ethyl adjacent to an activating group) is 1. The average molecular weight is 670 g/mol. The van der Waals surface area contributed by atoms with Crippen LogP contribution in [0.15, 0.2) is 108 Å². The summed E-state index contributed by atoms with van der Waals surface area (Å²) in [5.41, 5.74) is 0.875. The normalized spacial score (nSPS) is 11.8. The number of hydrogen-bond acceptors (Lipinski definition) is 6. The highest BCUT2D eigenvalue weighted by atomic mass is 35.5. The van der Waals surface area contributed by atoms with Gasteiger partial charge in [-0.05, 0) is 48.4 Å². The van der Waals surface area contributed by atoms with Crippen LogP contribution in [0.1, 0.15) is 18.1 Å². The Morgan fingerprint density at radius 2 is 1.53 bits per heavy atom. The fourth-order valence-electron chi connectivity index (χ4n) is 4.69. The molecule has 0 spiro atoms. The van der Waals surface area contributed by atoms with E-state index in [1.807, 2.05) is 30.3 Å². The predicted molar refractivity (Wildman–Crippen MR) is 174 cm³/mol. The number of nitro benzene ring substituents is 1. The third-order valence-electron chi connectivity index (χ3n) is 6.90. The standard InChI is InChI=1S/C32H30Cl2N4O6S/c1-2-35-32(40)30(19-23-10-5-3-6-11-23)36(21-24-16-17-28(33)29(34)18-24)31(39)22-37(25-12-9-13-26(20-25)38(41)42)45(43,44)27-14-7-4-8-15-27/h3-18,20,30H,2,19,21-22H2,1H3,(H,35,40)/t30-/m0/s1. The Balaban J connectivity index is 1.83. The van der Waals surface area contributed by atoms with E-state index in [1.54, 1.807) is 31.2 Å². The Labute approximate surface area is 271 Å². The molecule has 0 aromatic heterocycles. The van der Waals surface area contributed by atoms with Crippen LogP contribution in [-0.4, -0.2) is 49.2 Å². The minimum atomic E-state index is -4.40. The van der Waals surface area contributed by atoms with Crippen molar-refractivity contribution in [3.63, 3.8) is 0 Å². The fourth-order valence-corrected chi connectivity index (χ4v) is 6.44. The van der Waals surface area contributed by atoms with Crippen molar-refractivity contribution in [1.82, 2.24) is 10.2 Å². The lowest BCUT2D eigenvalue weighted by atomic mass is 10.0. The highest BCUT2D eigenvalue weighted by Gasteiger charge is 2.35. The van der Waals surface area contributed by atoms with E-state index in [0.29, 0.717) is 17.1 Å². The second kappa shape index (κ2) is 15.0. The largest absolute Gasteiger partial charge is 0.355 e. The third-order valence-corrected chi connectivity index (χ3v) is 9.42. The van der Waals surface area contributed by atoms with Crippen LogP contribution in [0.25, 0.3) is 0 Å². The van der Waals surface area contributed by atoms with Gasteiger partial charge in [0.1, 0.15) is 12.6 Å². The number of anilines is 1. The number of carbonyl (C=O) groups excluding carboxylic acids is 2. The number of nitrogens with zero attached hydrogens (tertiary/aromatic N) is 3. The number of nitrogens with one attached hydrogen (secondary N) is 1. The van der Waals surface area contributed by atoms with Crippen molar-refractivity contribution < 1.29 is 22.9 Å². The molecule has 1 N–H and O–H groups in total. The van der Waals surface area contributed by atoms with Gasteiger partial charge in [-0.25, -0.2) is 8.42 Å². The summed E-state index contributed by atoms with van der Waals surface area (Å²) in [6, 6.07) is 25.3. The van der Waals surface area contributed by atoms with Gasteiger partial charge < -0.3 is 10.2 Å². The molecule has 1 atom stereocenters. The average Bonchev–Trinajstić information content (AvgIpc) is 3.04. The topological polar surface area (TPSA) is 130 Å². The van der Waals surface area contributed by atoms with E-state index in [1.165, 1.54) is 47.4 Å². The molecule has 0 aliphatic carbocycles. The lowest BCUT2D eigenvalue weighted by Gasteiger charge is -2.33. The number of hydrogen-bond donors (Lipinski definition) is 1. The van der Waals surface area contributed by atoms with Crippen molar-refractivity contribution in [3.8, 4) is 0 Å². The van der Waals surface area contributed by atoms with Crippen LogP contribution in [0.4, 0.5) is 11.4 Å². The molecule has 234 valence electrons. The minimum Gasteiger partial charge on any atom is -0.355 e. The lowest BCUT2D eigenvalue weighted by molar-refractivity contribution is -0.384. The van der Waals surface area contributed by atoms with E-state index in [-0.39, 0.29) is 34.3 Å². The lowest BCUT2D eigenvalue weighted by Crippen LogP contribution is -2.53. The third kappa shape index (κ3) is 8.39. The molecule has 45 heavy (non-hydrogen) atoms. The molecule has 0 saturated heterocycles. The van der Waals surface area contributed by atoms with Gasteiger partial charge in [-0.15, -0.1) is 0 Å². The molecule has 0 heterocycles. The Morgan fingerprint density at radius 1 is 0.867 bits per heavy atom. The molecule has 2 amide bonds.